The molecule has 3 rings (SSSR count). The predicted molar refractivity (Wildman–Crippen MR) is 70.3 cm³/mol. The zero-order chi connectivity index (χ0) is 14.4. The summed E-state index contributed by atoms with van der Waals surface area (Å²) in [6.45, 7) is 1.85. The number of phenols is 1. The van der Waals surface area contributed by atoms with Crippen LogP contribution in [0.5, 0.6) is 5.75 Å². The van der Waals surface area contributed by atoms with Crippen LogP contribution in [0.4, 0.5) is 0 Å². The van der Waals surface area contributed by atoms with E-state index in [-0.39, 0.29) is 17.0 Å². The first kappa shape index (κ1) is 12.2. The normalized spacial score (nSPS) is 11.1. The number of carboxylic acid groups (broad SMARTS) is 1. The molecule has 0 spiro atoms. The molecule has 0 saturated carbocycles. The van der Waals surface area contributed by atoms with Crippen LogP contribution in [-0.4, -0.2) is 21.2 Å². The number of rotatable bonds is 1. The summed E-state index contributed by atoms with van der Waals surface area (Å²) < 4.78 is 5.45. The maximum atomic E-state index is 11.6. The highest BCUT2D eigenvalue weighted by Gasteiger charge is 2.24. The van der Waals surface area contributed by atoms with E-state index in [1.54, 1.807) is 18.2 Å². The van der Waals surface area contributed by atoms with Crippen LogP contribution in [0.25, 0.3) is 22.6 Å². The smallest absolute Gasteiger partial charge is 0.338 e. The summed E-state index contributed by atoms with van der Waals surface area (Å²) >= 11 is 0. The van der Waals surface area contributed by atoms with Crippen molar-refractivity contribution >= 4 is 17.1 Å². The van der Waals surface area contributed by atoms with Gasteiger partial charge in [0, 0.05) is 6.07 Å². The van der Waals surface area contributed by atoms with Crippen LogP contribution >= 0.6 is 0 Å². The first-order valence-corrected chi connectivity index (χ1v) is 5.78. The molecule has 0 atom stereocenters. The largest absolute Gasteiger partial charge is 0.501 e. The summed E-state index contributed by atoms with van der Waals surface area (Å²) in [5, 5.41) is 18.9. The van der Waals surface area contributed by atoms with E-state index in [0.29, 0.717) is 11.1 Å². The molecular weight excluding hydrogens is 262 g/mol. The van der Waals surface area contributed by atoms with Crippen LogP contribution in [-0.2, 0) is 0 Å². The van der Waals surface area contributed by atoms with E-state index in [4.69, 9.17) is 9.52 Å². The second kappa shape index (κ2) is 4.06. The van der Waals surface area contributed by atoms with Crippen molar-refractivity contribution in [3.8, 4) is 17.2 Å². The number of hydrogen-bond donors (Lipinski definition) is 2. The molecule has 0 radical (unpaired) electrons. The molecule has 1 aliphatic carbocycles. The SMILES string of the molecule is Cc1ccc2nc3c(C(=O)O)cc(=O)c(O)c-3oc2c1. The fourth-order valence-corrected chi connectivity index (χ4v) is 2.01. The Kier molecular flexibility index (Phi) is 2.47. The highest BCUT2D eigenvalue weighted by Crippen LogP contribution is 2.32. The Morgan fingerprint density at radius 1 is 1.30 bits per heavy atom. The molecule has 20 heavy (non-hydrogen) atoms. The molecule has 0 saturated heterocycles. The Labute approximate surface area is 112 Å². The van der Waals surface area contributed by atoms with Crippen molar-refractivity contribution in [1.82, 2.24) is 4.98 Å². The molecule has 1 heterocycles. The first-order valence-electron chi connectivity index (χ1n) is 5.78. The molecule has 0 unspecified atom stereocenters. The Morgan fingerprint density at radius 2 is 2.05 bits per heavy atom. The van der Waals surface area contributed by atoms with Gasteiger partial charge in [0.15, 0.2) is 11.3 Å². The summed E-state index contributed by atoms with van der Waals surface area (Å²) in [6.07, 6.45) is 0. The van der Waals surface area contributed by atoms with Crippen LogP contribution in [0, 0.1) is 6.92 Å². The van der Waals surface area contributed by atoms with Crippen LogP contribution in [0.3, 0.4) is 0 Å². The van der Waals surface area contributed by atoms with Gasteiger partial charge in [0.1, 0.15) is 11.2 Å². The van der Waals surface area contributed by atoms with Gasteiger partial charge in [-0.1, -0.05) is 6.07 Å². The molecule has 1 aromatic rings. The van der Waals surface area contributed by atoms with Crippen molar-refractivity contribution in [3.05, 3.63) is 45.6 Å². The average Bonchev–Trinajstić information content (AvgIpc) is 2.41. The summed E-state index contributed by atoms with van der Waals surface area (Å²) in [5.41, 5.74) is 0.574. The molecule has 6 heteroatoms. The number of benzene rings is 2. The van der Waals surface area contributed by atoms with Crippen LogP contribution in [0.2, 0.25) is 0 Å². The maximum Gasteiger partial charge on any atom is 0.338 e. The van der Waals surface area contributed by atoms with Gasteiger partial charge in [-0.2, -0.15) is 0 Å². The highest BCUT2D eigenvalue weighted by atomic mass is 16.4. The van der Waals surface area contributed by atoms with E-state index in [9.17, 15) is 14.7 Å². The van der Waals surface area contributed by atoms with Crippen LogP contribution in [0.15, 0.2) is 33.5 Å². The molecule has 0 aromatic heterocycles. The number of aryl methyl sites for hydroxylation is 1. The summed E-state index contributed by atoms with van der Waals surface area (Å²) in [6, 6.07) is 6.02. The number of carboxylic acids is 1. The quantitative estimate of drug-likeness (QED) is 0.656. The lowest BCUT2D eigenvalue weighted by Gasteiger charge is -2.10. The number of phenolic OH excluding ortho intramolecular Hbond substituents is 1. The fourth-order valence-electron chi connectivity index (χ4n) is 2.01. The van der Waals surface area contributed by atoms with Gasteiger partial charge in [0.25, 0.3) is 0 Å². The monoisotopic (exact) mass is 271 g/mol. The number of aromatic hydroxyl groups is 1. The highest BCUT2D eigenvalue weighted by molar-refractivity contribution is 5.96. The van der Waals surface area contributed by atoms with Gasteiger partial charge >= 0.3 is 5.97 Å². The predicted octanol–water partition coefficient (Wildman–Crippen LogP) is 2.01. The Bertz CT molecular complexity index is 881. The van der Waals surface area contributed by atoms with E-state index in [2.05, 4.69) is 4.98 Å². The number of nitrogens with zero attached hydrogens (tertiary/aromatic N) is 1. The standard InChI is InChI=1S/C14H9NO5/c1-6-2-3-8-10(4-6)20-13-11(15-8)7(14(18)19)5-9(16)12(13)17/h2-5,17H,1H3,(H,18,19). The first-order chi connectivity index (χ1) is 9.47. The van der Waals surface area contributed by atoms with E-state index in [1.807, 2.05) is 6.92 Å². The number of hydrogen-bond acceptors (Lipinski definition) is 5. The number of aromatic nitrogens is 1. The third kappa shape index (κ3) is 1.70. The summed E-state index contributed by atoms with van der Waals surface area (Å²) in [4.78, 5) is 26.9. The maximum absolute atomic E-state index is 11.6. The van der Waals surface area contributed by atoms with Crippen LogP contribution < -0.4 is 5.43 Å². The van der Waals surface area contributed by atoms with Gasteiger partial charge in [-0.15, -0.1) is 0 Å². The van der Waals surface area contributed by atoms with E-state index < -0.39 is 17.1 Å². The van der Waals surface area contributed by atoms with E-state index in [0.717, 1.165) is 11.6 Å². The molecular formula is C14H9NO5. The van der Waals surface area contributed by atoms with E-state index >= 15 is 0 Å². The minimum absolute atomic E-state index is 0.0500. The number of aromatic carboxylic acids is 1. The second-order valence-electron chi connectivity index (χ2n) is 4.44. The summed E-state index contributed by atoms with van der Waals surface area (Å²) in [7, 11) is 0. The van der Waals surface area contributed by atoms with E-state index in [1.165, 1.54) is 0 Å². The van der Waals surface area contributed by atoms with Gasteiger partial charge in [0.05, 0.1) is 5.56 Å². The van der Waals surface area contributed by atoms with Gasteiger partial charge < -0.3 is 14.6 Å². The lowest BCUT2D eigenvalue weighted by molar-refractivity contribution is 0.0697. The third-order valence-corrected chi connectivity index (χ3v) is 2.98. The lowest BCUT2D eigenvalue weighted by Crippen LogP contribution is -2.11. The molecule has 2 aliphatic rings. The molecule has 6 nitrogen and oxygen atoms in total. The Hall–Kier alpha value is -2.89. The van der Waals surface area contributed by atoms with Crippen molar-refractivity contribution in [3.63, 3.8) is 0 Å². The zero-order valence-corrected chi connectivity index (χ0v) is 10.4. The van der Waals surface area contributed by atoms with Crippen LogP contribution in [0.1, 0.15) is 15.9 Å². The molecule has 0 amide bonds. The Morgan fingerprint density at radius 3 is 2.75 bits per heavy atom. The molecule has 0 fully saturated rings. The number of fused-ring (bicyclic) bond motifs is 2. The summed E-state index contributed by atoms with van der Waals surface area (Å²) in [5.74, 6) is -2.16. The topological polar surface area (TPSA) is 101 Å². The second-order valence-corrected chi connectivity index (χ2v) is 4.44. The zero-order valence-electron chi connectivity index (χ0n) is 10.4. The van der Waals surface area contributed by atoms with Crippen molar-refractivity contribution in [1.29, 1.82) is 0 Å². The van der Waals surface area contributed by atoms with Gasteiger partial charge in [-0.3, -0.25) is 4.79 Å². The van der Waals surface area contributed by atoms with Gasteiger partial charge in [0.2, 0.25) is 11.2 Å². The minimum Gasteiger partial charge on any atom is -0.501 e. The molecule has 1 aliphatic heterocycles. The molecule has 0 bridgehead atoms. The van der Waals surface area contributed by atoms with Crippen molar-refractivity contribution < 1.29 is 19.4 Å². The molecule has 100 valence electrons. The molecule has 2 N–H and O–H groups in total. The van der Waals surface area contributed by atoms with Crippen molar-refractivity contribution in [2.75, 3.05) is 0 Å². The Balaban J connectivity index is 2.52. The number of carbonyl (C=O) groups is 1. The van der Waals surface area contributed by atoms with Crippen molar-refractivity contribution in [2.45, 2.75) is 6.92 Å². The third-order valence-electron chi connectivity index (χ3n) is 2.98. The lowest BCUT2D eigenvalue weighted by atomic mass is 10.1. The van der Waals surface area contributed by atoms with Gasteiger partial charge in [-0.25, -0.2) is 9.78 Å². The van der Waals surface area contributed by atoms with Crippen molar-refractivity contribution in [2.24, 2.45) is 0 Å². The average molecular weight is 271 g/mol. The minimum atomic E-state index is -1.30. The van der Waals surface area contributed by atoms with Gasteiger partial charge in [-0.05, 0) is 24.6 Å². The fraction of sp³-hybridized carbons (Fsp3) is 0.0714. The molecule has 1 aromatic carbocycles.